The summed E-state index contributed by atoms with van der Waals surface area (Å²) in [5, 5.41) is 0. The number of fused-ring (bicyclic) bond motifs is 1. The summed E-state index contributed by atoms with van der Waals surface area (Å²) in [6, 6.07) is 28.1. The molecule has 30 heavy (non-hydrogen) atoms. The SMILES string of the molecule is Cc1ccc(N2C(=O)[C@H]3[C@H](C2=O)[C@H](c2ccccc2)CC[C@@H]3c2ccccc2)cc1. The molecule has 0 spiro atoms. The third-order valence-corrected chi connectivity index (χ3v) is 6.80. The fraction of sp³-hybridized carbons (Fsp3) is 0.259. The fourth-order valence-corrected chi connectivity index (χ4v) is 5.37. The van der Waals surface area contributed by atoms with Crippen molar-refractivity contribution >= 4 is 17.5 Å². The van der Waals surface area contributed by atoms with E-state index in [0.29, 0.717) is 5.69 Å². The maximum absolute atomic E-state index is 13.7. The Hall–Kier alpha value is -3.20. The molecule has 1 aliphatic carbocycles. The molecule has 3 heteroatoms. The van der Waals surface area contributed by atoms with Crippen LogP contribution in [0.25, 0.3) is 0 Å². The Morgan fingerprint density at radius 2 is 1.07 bits per heavy atom. The summed E-state index contributed by atoms with van der Waals surface area (Å²) < 4.78 is 0. The van der Waals surface area contributed by atoms with E-state index in [-0.39, 0.29) is 35.5 Å². The third kappa shape index (κ3) is 3.06. The molecule has 3 aromatic rings. The van der Waals surface area contributed by atoms with Crippen LogP contribution in [0.15, 0.2) is 84.9 Å². The van der Waals surface area contributed by atoms with E-state index in [1.807, 2.05) is 67.6 Å². The number of nitrogens with zero attached hydrogens (tertiary/aromatic N) is 1. The molecule has 4 atom stereocenters. The third-order valence-electron chi connectivity index (χ3n) is 6.80. The molecule has 3 nitrogen and oxygen atoms in total. The van der Waals surface area contributed by atoms with Gasteiger partial charge >= 0.3 is 0 Å². The first-order valence-corrected chi connectivity index (χ1v) is 10.7. The highest BCUT2D eigenvalue weighted by molar-refractivity contribution is 6.22. The zero-order chi connectivity index (χ0) is 20.7. The lowest BCUT2D eigenvalue weighted by molar-refractivity contribution is -0.122. The summed E-state index contributed by atoms with van der Waals surface area (Å²) in [6.45, 7) is 2.01. The average Bonchev–Trinajstić information content (AvgIpc) is 3.06. The Labute approximate surface area is 177 Å². The maximum Gasteiger partial charge on any atom is 0.238 e. The van der Waals surface area contributed by atoms with Crippen LogP contribution in [0.5, 0.6) is 0 Å². The molecule has 150 valence electrons. The molecule has 1 heterocycles. The molecular weight excluding hydrogens is 370 g/mol. The topological polar surface area (TPSA) is 37.4 Å². The standard InChI is InChI=1S/C27H25NO2/c1-18-12-14-21(15-13-18)28-26(29)24-22(19-8-4-2-5-9-19)16-17-23(25(24)27(28)30)20-10-6-3-7-11-20/h2-15,22-25H,16-17H2,1H3/t22-,23+,24-,25-/m1/s1. The molecular formula is C27H25NO2. The number of benzene rings is 3. The van der Waals surface area contributed by atoms with Crippen molar-refractivity contribution < 1.29 is 9.59 Å². The van der Waals surface area contributed by atoms with Crippen LogP contribution >= 0.6 is 0 Å². The smallest absolute Gasteiger partial charge is 0.238 e. The van der Waals surface area contributed by atoms with Crippen molar-refractivity contribution in [3.05, 3.63) is 102 Å². The van der Waals surface area contributed by atoms with Gasteiger partial charge in [-0.15, -0.1) is 0 Å². The molecule has 0 bridgehead atoms. The molecule has 2 aliphatic rings. The number of anilines is 1. The van der Waals surface area contributed by atoms with E-state index in [9.17, 15) is 9.59 Å². The number of carbonyl (C=O) groups is 2. The fourth-order valence-electron chi connectivity index (χ4n) is 5.37. The van der Waals surface area contributed by atoms with Gasteiger partial charge < -0.3 is 0 Å². The van der Waals surface area contributed by atoms with Crippen LogP contribution in [0.1, 0.15) is 41.4 Å². The zero-order valence-electron chi connectivity index (χ0n) is 17.1. The number of carbonyl (C=O) groups excluding carboxylic acids is 2. The number of rotatable bonds is 3. The lowest BCUT2D eigenvalue weighted by atomic mass is 9.64. The van der Waals surface area contributed by atoms with E-state index in [1.54, 1.807) is 0 Å². The Bertz CT molecular complexity index is 994. The molecule has 0 radical (unpaired) electrons. The van der Waals surface area contributed by atoms with Crippen molar-refractivity contribution in [3.63, 3.8) is 0 Å². The van der Waals surface area contributed by atoms with Gasteiger partial charge in [0.05, 0.1) is 17.5 Å². The van der Waals surface area contributed by atoms with Crippen LogP contribution in [-0.4, -0.2) is 11.8 Å². The largest absolute Gasteiger partial charge is 0.274 e. The van der Waals surface area contributed by atoms with Crippen molar-refractivity contribution in [2.75, 3.05) is 4.90 Å². The molecule has 2 amide bonds. The molecule has 1 aliphatic heterocycles. The van der Waals surface area contributed by atoms with Crippen LogP contribution in [0.4, 0.5) is 5.69 Å². The van der Waals surface area contributed by atoms with Crippen molar-refractivity contribution in [3.8, 4) is 0 Å². The highest BCUT2D eigenvalue weighted by atomic mass is 16.2. The van der Waals surface area contributed by atoms with Gasteiger partial charge in [-0.3, -0.25) is 14.5 Å². The van der Waals surface area contributed by atoms with Crippen molar-refractivity contribution in [1.82, 2.24) is 0 Å². The minimum atomic E-state index is -0.319. The van der Waals surface area contributed by atoms with Gasteiger partial charge in [0.1, 0.15) is 0 Å². The second-order valence-corrected chi connectivity index (χ2v) is 8.51. The van der Waals surface area contributed by atoms with Crippen LogP contribution in [0, 0.1) is 18.8 Å². The second-order valence-electron chi connectivity index (χ2n) is 8.51. The number of hydrogen-bond donors (Lipinski definition) is 0. The lowest BCUT2D eigenvalue weighted by Crippen LogP contribution is -2.34. The molecule has 0 N–H and O–H groups in total. The Balaban J connectivity index is 1.60. The lowest BCUT2D eigenvalue weighted by Gasteiger charge is -2.37. The first-order valence-electron chi connectivity index (χ1n) is 10.7. The molecule has 3 aromatic carbocycles. The maximum atomic E-state index is 13.7. The summed E-state index contributed by atoms with van der Waals surface area (Å²) in [7, 11) is 0. The number of amides is 2. The van der Waals surface area contributed by atoms with Gasteiger partial charge in [0, 0.05) is 0 Å². The number of hydrogen-bond acceptors (Lipinski definition) is 2. The summed E-state index contributed by atoms with van der Waals surface area (Å²) in [5.74, 6) is -0.599. The predicted molar refractivity (Wildman–Crippen MR) is 118 cm³/mol. The minimum Gasteiger partial charge on any atom is -0.274 e. The summed E-state index contributed by atoms with van der Waals surface area (Å²) in [6.07, 6.45) is 1.82. The van der Waals surface area contributed by atoms with E-state index in [4.69, 9.17) is 0 Å². The van der Waals surface area contributed by atoms with Crippen molar-refractivity contribution in [1.29, 1.82) is 0 Å². The highest BCUT2D eigenvalue weighted by Crippen LogP contribution is 2.53. The molecule has 1 saturated carbocycles. The van der Waals surface area contributed by atoms with E-state index < -0.39 is 0 Å². The summed E-state index contributed by atoms with van der Waals surface area (Å²) in [4.78, 5) is 28.9. The van der Waals surface area contributed by atoms with Crippen LogP contribution in [0.2, 0.25) is 0 Å². The van der Waals surface area contributed by atoms with Gasteiger partial charge in [0.25, 0.3) is 0 Å². The monoisotopic (exact) mass is 395 g/mol. The Morgan fingerprint density at radius 3 is 1.50 bits per heavy atom. The van der Waals surface area contributed by atoms with Crippen LogP contribution in [0.3, 0.4) is 0 Å². The summed E-state index contributed by atoms with van der Waals surface area (Å²) in [5.41, 5.74) is 4.11. The highest BCUT2D eigenvalue weighted by Gasteiger charge is 2.56. The normalized spacial score (nSPS) is 26.0. The van der Waals surface area contributed by atoms with Crippen LogP contribution < -0.4 is 4.90 Å². The number of imide groups is 1. The average molecular weight is 396 g/mol. The molecule has 0 aromatic heterocycles. The second kappa shape index (κ2) is 7.56. The first kappa shape index (κ1) is 18.8. The van der Waals surface area contributed by atoms with Gasteiger partial charge in [0.2, 0.25) is 11.8 Å². The quantitative estimate of drug-likeness (QED) is 0.552. The van der Waals surface area contributed by atoms with Crippen molar-refractivity contribution in [2.45, 2.75) is 31.6 Å². The summed E-state index contributed by atoms with van der Waals surface area (Å²) >= 11 is 0. The Kier molecular flexibility index (Phi) is 4.74. The molecule has 1 saturated heterocycles. The molecule has 5 rings (SSSR count). The Morgan fingerprint density at radius 1 is 0.633 bits per heavy atom. The van der Waals surface area contributed by atoms with E-state index in [0.717, 1.165) is 29.5 Å². The van der Waals surface area contributed by atoms with Gasteiger partial charge in [0.15, 0.2) is 0 Å². The van der Waals surface area contributed by atoms with E-state index in [2.05, 4.69) is 24.3 Å². The van der Waals surface area contributed by atoms with Crippen LogP contribution in [-0.2, 0) is 9.59 Å². The van der Waals surface area contributed by atoms with Gasteiger partial charge in [-0.2, -0.15) is 0 Å². The van der Waals surface area contributed by atoms with Gasteiger partial charge in [-0.25, -0.2) is 0 Å². The predicted octanol–water partition coefficient (Wildman–Crippen LogP) is 5.46. The van der Waals surface area contributed by atoms with Gasteiger partial charge in [-0.1, -0.05) is 78.4 Å². The zero-order valence-corrected chi connectivity index (χ0v) is 17.1. The first-order chi connectivity index (χ1) is 14.6. The molecule has 2 fully saturated rings. The minimum absolute atomic E-state index is 0.0525. The van der Waals surface area contributed by atoms with E-state index >= 15 is 0 Å². The molecule has 0 unspecified atom stereocenters. The van der Waals surface area contributed by atoms with Crippen molar-refractivity contribution in [2.24, 2.45) is 11.8 Å². The number of aryl methyl sites for hydroxylation is 1. The van der Waals surface area contributed by atoms with E-state index in [1.165, 1.54) is 4.90 Å². The van der Waals surface area contributed by atoms with Gasteiger partial charge in [-0.05, 0) is 54.9 Å².